The van der Waals surface area contributed by atoms with Crippen LogP contribution in [0.5, 0.6) is 0 Å². The first kappa shape index (κ1) is 16.3. The van der Waals surface area contributed by atoms with E-state index in [2.05, 4.69) is 29.4 Å². The average Bonchev–Trinajstić information content (AvgIpc) is 3.02. The summed E-state index contributed by atoms with van der Waals surface area (Å²) in [5.74, 6) is 2.30. The molecule has 1 amide bonds. The third-order valence-electron chi connectivity index (χ3n) is 5.63. The van der Waals surface area contributed by atoms with Crippen LogP contribution in [0.1, 0.15) is 52.4 Å². The van der Waals surface area contributed by atoms with E-state index < -0.39 is 0 Å². The Kier molecular flexibility index (Phi) is 5.40. The van der Waals surface area contributed by atoms with E-state index in [1.165, 1.54) is 45.2 Å². The predicted octanol–water partition coefficient (Wildman–Crippen LogP) is 2.00. The standard InChI is InChI=1S/C18H33N3O/c1-13(2)11-21-6-5-14(12-21)10-19-18(22)9-15-7-16-3-4-17(8-15)20-16/h13-17,20H,3-12H2,1-2H3,(H,19,22). The molecule has 4 nitrogen and oxygen atoms in total. The number of piperidine rings is 1. The Morgan fingerprint density at radius 2 is 1.91 bits per heavy atom. The average molecular weight is 307 g/mol. The number of nitrogens with zero attached hydrogens (tertiary/aromatic N) is 1. The lowest BCUT2D eigenvalue weighted by molar-refractivity contribution is -0.122. The van der Waals surface area contributed by atoms with E-state index in [9.17, 15) is 4.79 Å². The van der Waals surface area contributed by atoms with Gasteiger partial charge in [-0.25, -0.2) is 0 Å². The minimum Gasteiger partial charge on any atom is -0.356 e. The van der Waals surface area contributed by atoms with Gasteiger partial charge in [0, 0.05) is 38.1 Å². The lowest BCUT2D eigenvalue weighted by Crippen LogP contribution is -2.40. The molecule has 3 atom stereocenters. The number of carbonyl (C=O) groups is 1. The molecule has 126 valence electrons. The Balaban J connectivity index is 1.33. The summed E-state index contributed by atoms with van der Waals surface area (Å²) in [6.07, 6.45) is 7.03. The highest BCUT2D eigenvalue weighted by atomic mass is 16.1. The number of carbonyl (C=O) groups excluding carboxylic acids is 1. The number of hydrogen-bond donors (Lipinski definition) is 2. The van der Waals surface area contributed by atoms with Gasteiger partial charge in [0.15, 0.2) is 0 Å². The van der Waals surface area contributed by atoms with E-state index in [1.54, 1.807) is 0 Å². The van der Waals surface area contributed by atoms with Gasteiger partial charge in [-0.3, -0.25) is 4.79 Å². The number of rotatable bonds is 6. The van der Waals surface area contributed by atoms with Crippen LogP contribution in [0, 0.1) is 17.8 Å². The Morgan fingerprint density at radius 1 is 1.18 bits per heavy atom. The summed E-state index contributed by atoms with van der Waals surface area (Å²) in [5, 5.41) is 6.86. The number of nitrogens with one attached hydrogen (secondary N) is 2. The molecule has 3 rings (SSSR count). The van der Waals surface area contributed by atoms with Gasteiger partial charge in [-0.2, -0.15) is 0 Å². The fraction of sp³-hybridized carbons (Fsp3) is 0.944. The molecule has 4 heteroatoms. The van der Waals surface area contributed by atoms with Crippen LogP contribution < -0.4 is 10.6 Å². The van der Waals surface area contributed by atoms with E-state index in [1.807, 2.05) is 0 Å². The quantitative estimate of drug-likeness (QED) is 0.789. The van der Waals surface area contributed by atoms with Gasteiger partial charge in [-0.05, 0) is 56.4 Å². The van der Waals surface area contributed by atoms with Gasteiger partial charge in [0.1, 0.15) is 0 Å². The molecule has 0 saturated carbocycles. The third-order valence-corrected chi connectivity index (χ3v) is 5.63. The molecule has 3 aliphatic rings. The Bertz CT molecular complexity index is 373. The van der Waals surface area contributed by atoms with Gasteiger partial charge in [-0.1, -0.05) is 13.8 Å². The van der Waals surface area contributed by atoms with Crippen LogP contribution in [0.15, 0.2) is 0 Å². The summed E-state index contributed by atoms with van der Waals surface area (Å²) in [6, 6.07) is 1.38. The first-order valence-electron chi connectivity index (χ1n) is 9.33. The summed E-state index contributed by atoms with van der Waals surface area (Å²) in [5.41, 5.74) is 0. The summed E-state index contributed by atoms with van der Waals surface area (Å²) < 4.78 is 0. The lowest BCUT2D eigenvalue weighted by Gasteiger charge is -2.28. The smallest absolute Gasteiger partial charge is 0.220 e. The van der Waals surface area contributed by atoms with Crippen molar-refractivity contribution in [1.82, 2.24) is 15.5 Å². The van der Waals surface area contributed by atoms with Crippen molar-refractivity contribution in [1.29, 1.82) is 0 Å². The molecule has 0 aliphatic carbocycles. The number of likely N-dealkylation sites (tertiary alicyclic amines) is 1. The van der Waals surface area contributed by atoms with E-state index in [0.717, 1.165) is 25.4 Å². The Hall–Kier alpha value is -0.610. The van der Waals surface area contributed by atoms with Gasteiger partial charge in [0.25, 0.3) is 0 Å². The molecule has 3 heterocycles. The van der Waals surface area contributed by atoms with Crippen LogP contribution in [0.3, 0.4) is 0 Å². The predicted molar refractivity (Wildman–Crippen MR) is 89.7 cm³/mol. The largest absolute Gasteiger partial charge is 0.356 e. The second-order valence-corrected chi connectivity index (χ2v) is 8.29. The summed E-state index contributed by atoms with van der Waals surface area (Å²) in [7, 11) is 0. The molecule has 0 aromatic rings. The maximum absolute atomic E-state index is 12.2. The maximum atomic E-state index is 12.2. The van der Waals surface area contributed by atoms with Gasteiger partial charge in [0.2, 0.25) is 5.91 Å². The van der Waals surface area contributed by atoms with Gasteiger partial charge in [0.05, 0.1) is 0 Å². The number of fused-ring (bicyclic) bond motifs is 2. The van der Waals surface area contributed by atoms with Crippen molar-refractivity contribution >= 4 is 5.91 Å². The first-order valence-corrected chi connectivity index (χ1v) is 9.33. The van der Waals surface area contributed by atoms with Gasteiger partial charge >= 0.3 is 0 Å². The highest BCUT2D eigenvalue weighted by molar-refractivity contribution is 5.76. The fourth-order valence-corrected chi connectivity index (χ4v) is 4.70. The number of amides is 1. The molecule has 0 spiro atoms. The summed E-state index contributed by atoms with van der Waals surface area (Å²) >= 11 is 0. The van der Waals surface area contributed by atoms with Crippen LogP contribution in [0.2, 0.25) is 0 Å². The highest BCUT2D eigenvalue weighted by Crippen LogP contribution is 2.32. The van der Waals surface area contributed by atoms with Crippen LogP contribution in [-0.4, -0.2) is 49.1 Å². The van der Waals surface area contributed by atoms with Gasteiger partial charge < -0.3 is 15.5 Å². The minimum atomic E-state index is 0.286. The van der Waals surface area contributed by atoms with E-state index in [0.29, 0.717) is 23.9 Å². The van der Waals surface area contributed by atoms with Gasteiger partial charge in [-0.15, -0.1) is 0 Å². The van der Waals surface area contributed by atoms with E-state index >= 15 is 0 Å². The van der Waals surface area contributed by atoms with Crippen molar-refractivity contribution < 1.29 is 4.79 Å². The molecule has 3 fully saturated rings. The first-order chi connectivity index (χ1) is 10.6. The molecule has 2 bridgehead atoms. The monoisotopic (exact) mass is 307 g/mol. The minimum absolute atomic E-state index is 0.286. The molecular formula is C18H33N3O. The molecule has 3 saturated heterocycles. The summed E-state index contributed by atoms with van der Waals surface area (Å²) in [4.78, 5) is 14.8. The fourth-order valence-electron chi connectivity index (χ4n) is 4.70. The Morgan fingerprint density at radius 3 is 2.59 bits per heavy atom. The molecule has 22 heavy (non-hydrogen) atoms. The molecule has 0 radical (unpaired) electrons. The number of hydrogen-bond acceptors (Lipinski definition) is 3. The second-order valence-electron chi connectivity index (χ2n) is 8.29. The topological polar surface area (TPSA) is 44.4 Å². The zero-order chi connectivity index (χ0) is 15.5. The molecular weight excluding hydrogens is 274 g/mol. The van der Waals surface area contributed by atoms with E-state index in [4.69, 9.17) is 0 Å². The van der Waals surface area contributed by atoms with Crippen molar-refractivity contribution in [3.63, 3.8) is 0 Å². The van der Waals surface area contributed by atoms with Crippen molar-refractivity contribution in [2.24, 2.45) is 17.8 Å². The lowest BCUT2D eigenvalue weighted by atomic mass is 9.89. The molecule has 2 N–H and O–H groups in total. The van der Waals surface area contributed by atoms with Crippen molar-refractivity contribution in [3.05, 3.63) is 0 Å². The highest BCUT2D eigenvalue weighted by Gasteiger charge is 2.34. The van der Waals surface area contributed by atoms with Crippen molar-refractivity contribution in [2.45, 2.75) is 64.5 Å². The molecule has 0 aromatic carbocycles. The normalized spacial score (nSPS) is 35.2. The van der Waals surface area contributed by atoms with Crippen molar-refractivity contribution in [2.75, 3.05) is 26.2 Å². The van der Waals surface area contributed by atoms with Crippen LogP contribution in [-0.2, 0) is 4.79 Å². The SMILES string of the molecule is CC(C)CN1CCC(CNC(=O)CC2CC3CCC(C2)N3)C1. The van der Waals surface area contributed by atoms with Crippen LogP contribution in [0.25, 0.3) is 0 Å². The molecule has 3 aliphatic heterocycles. The zero-order valence-corrected chi connectivity index (χ0v) is 14.3. The van der Waals surface area contributed by atoms with Crippen molar-refractivity contribution in [3.8, 4) is 0 Å². The third kappa shape index (κ3) is 4.45. The maximum Gasteiger partial charge on any atom is 0.220 e. The Labute approximate surface area is 135 Å². The van der Waals surface area contributed by atoms with Crippen LogP contribution in [0.4, 0.5) is 0 Å². The summed E-state index contributed by atoms with van der Waals surface area (Å²) in [6.45, 7) is 9.00. The second kappa shape index (κ2) is 7.31. The van der Waals surface area contributed by atoms with Crippen LogP contribution >= 0.6 is 0 Å². The molecule has 3 unspecified atom stereocenters. The van der Waals surface area contributed by atoms with E-state index in [-0.39, 0.29) is 5.91 Å². The zero-order valence-electron chi connectivity index (χ0n) is 14.3. The molecule has 0 aromatic heterocycles.